The van der Waals surface area contributed by atoms with Gasteiger partial charge in [0.05, 0.1) is 12.8 Å². The average Bonchev–Trinajstić information content (AvgIpc) is 2.33. The summed E-state index contributed by atoms with van der Waals surface area (Å²) in [4.78, 5) is 11.5. The van der Waals surface area contributed by atoms with Crippen LogP contribution in [0.3, 0.4) is 0 Å². The zero-order chi connectivity index (χ0) is 16.3. The molecule has 21 heavy (non-hydrogen) atoms. The molecule has 1 aromatic rings. The molecule has 0 aliphatic rings. The Bertz CT molecular complexity index is 599. The van der Waals surface area contributed by atoms with Gasteiger partial charge in [-0.1, -0.05) is 0 Å². The summed E-state index contributed by atoms with van der Waals surface area (Å²) < 4.78 is 60.2. The molecule has 0 fully saturated rings. The van der Waals surface area contributed by atoms with E-state index >= 15 is 0 Å². The van der Waals surface area contributed by atoms with Crippen LogP contribution in [-0.2, 0) is 10.0 Å². The number of aliphatic hydroxyl groups is 1. The third-order valence-corrected chi connectivity index (χ3v) is 2.89. The number of nitrogens with one attached hydrogen (secondary N) is 2. The van der Waals surface area contributed by atoms with Crippen LogP contribution in [0.15, 0.2) is 24.3 Å². The van der Waals surface area contributed by atoms with Crippen LogP contribution >= 0.6 is 0 Å². The highest BCUT2D eigenvalue weighted by atomic mass is 32.2. The fourth-order valence-electron chi connectivity index (χ4n) is 1.31. The molecule has 1 aromatic carbocycles. The Kier molecular flexibility index (Phi) is 5.18. The van der Waals surface area contributed by atoms with Crippen LogP contribution in [-0.4, -0.2) is 44.5 Å². The van der Waals surface area contributed by atoms with Gasteiger partial charge in [-0.25, -0.2) is 8.42 Å². The van der Waals surface area contributed by atoms with Crippen molar-refractivity contribution in [2.45, 2.75) is 12.3 Å². The highest BCUT2D eigenvalue weighted by molar-refractivity contribution is 7.92. The molecule has 1 atom stereocenters. The first-order valence-electron chi connectivity index (χ1n) is 5.60. The third-order valence-electron chi connectivity index (χ3n) is 2.28. The number of halogens is 3. The van der Waals surface area contributed by atoms with Crippen molar-refractivity contribution in [3.05, 3.63) is 29.8 Å². The van der Waals surface area contributed by atoms with E-state index in [-0.39, 0.29) is 11.3 Å². The Morgan fingerprint density at radius 1 is 1.29 bits per heavy atom. The second kappa shape index (κ2) is 6.31. The quantitative estimate of drug-likeness (QED) is 0.743. The SMILES string of the molecule is CS(=O)(=O)Nc1ccc(C(=O)NCC(O)C(F)(F)F)cc1. The molecule has 0 aliphatic carbocycles. The molecule has 0 heterocycles. The predicted molar refractivity (Wildman–Crippen MR) is 69.3 cm³/mol. The van der Waals surface area contributed by atoms with Gasteiger partial charge in [-0.3, -0.25) is 9.52 Å². The van der Waals surface area contributed by atoms with E-state index in [9.17, 15) is 26.4 Å². The first-order chi connectivity index (χ1) is 9.49. The minimum atomic E-state index is -4.81. The molecule has 0 aliphatic heterocycles. The van der Waals surface area contributed by atoms with Crippen LogP contribution in [0, 0.1) is 0 Å². The van der Waals surface area contributed by atoms with Gasteiger partial charge in [0.25, 0.3) is 5.91 Å². The van der Waals surface area contributed by atoms with E-state index in [2.05, 4.69) is 4.72 Å². The van der Waals surface area contributed by atoms with Crippen LogP contribution in [0.25, 0.3) is 0 Å². The Balaban J connectivity index is 2.64. The van der Waals surface area contributed by atoms with E-state index in [1.165, 1.54) is 24.3 Å². The van der Waals surface area contributed by atoms with Crippen molar-refractivity contribution in [3.8, 4) is 0 Å². The lowest BCUT2D eigenvalue weighted by molar-refractivity contribution is -0.201. The molecular weight excluding hydrogens is 313 g/mol. The summed E-state index contributed by atoms with van der Waals surface area (Å²) in [5.41, 5.74) is 0.243. The number of hydrogen-bond acceptors (Lipinski definition) is 4. The smallest absolute Gasteiger partial charge is 0.382 e. The molecule has 0 saturated carbocycles. The predicted octanol–water partition coefficient (Wildman–Crippen LogP) is 0.711. The number of carbonyl (C=O) groups is 1. The van der Waals surface area contributed by atoms with Gasteiger partial charge in [0, 0.05) is 11.3 Å². The molecule has 1 unspecified atom stereocenters. The van der Waals surface area contributed by atoms with E-state index in [4.69, 9.17) is 5.11 Å². The van der Waals surface area contributed by atoms with E-state index in [1.807, 2.05) is 5.32 Å². The second-order valence-electron chi connectivity index (χ2n) is 4.22. The number of carbonyl (C=O) groups excluding carboxylic acids is 1. The standard InChI is InChI=1S/C11H13F3N2O4S/c1-21(19,20)16-8-4-2-7(3-5-8)10(18)15-6-9(17)11(12,13)14/h2-5,9,16-17H,6H2,1H3,(H,15,18). The molecule has 118 valence electrons. The van der Waals surface area contributed by atoms with Crippen molar-refractivity contribution in [3.63, 3.8) is 0 Å². The number of alkyl halides is 3. The number of hydrogen-bond donors (Lipinski definition) is 3. The summed E-state index contributed by atoms with van der Waals surface area (Å²) in [7, 11) is -3.46. The molecule has 0 radical (unpaired) electrons. The largest absolute Gasteiger partial charge is 0.416 e. The fraction of sp³-hybridized carbons (Fsp3) is 0.364. The van der Waals surface area contributed by atoms with Gasteiger partial charge in [-0.2, -0.15) is 13.2 Å². The van der Waals surface area contributed by atoms with Gasteiger partial charge in [0.15, 0.2) is 6.10 Å². The van der Waals surface area contributed by atoms with Gasteiger partial charge in [-0.15, -0.1) is 0 Å². The highest BCUT2D eigenvalue weighted by Gasteiger charge is 2.38. The van der Waals surface area contributed by atoms with Crippen LogP contribution in [0.1, 0.15) is 10.4 Å². The van der Waals surface area contributed by atoms with Crippen molar-refractivity contribution >= 4 is 21.6 Å². The minimum Gasteiger partial charge on any atom is -0.382 e. The van der Waals surface area contributed by atoms with Crippen LogP contribution in [0.5, 0.6) is 0 Å². The molecule has 3 N–H and O–H groups in total. The molecule has 0 bridgehead atoms. The Hall–Kier alpha value is -1.81. The highest BCUT2D eigenvalue weighted by Crippen LogP contribution is 2.19. The summed E-state index contributed by atoms with van der Waals surface area (Å²) in [5, 5.41) is 10.7. The lowest BCUT2D eigenvalue weighted by Gasteiger charge is -2.15. The van der Waals surface area contributed by atoms with E-state index < -0.39 is 34.8 Å². The van der Waals surface area contributed by atoms with Crippen LogP contribution in [0.2, 0.25) is 0 Å². The Labute approximate surface area is 119 Å². The first-order valence-corrected chi connectivity index (χ1v) is 7.49. The van der Waals surface area contributed by atoms with Crippen LogP contribution < -0.4 is 10.0 Å². The number of anilines is 1. The molecular formula is C11H13F3N2O4S. The number of benzene rings is 1. The van der Waals surface area contributed by atoms with E-state index in [1.54, 1.807) is 0 Å². The van der Waals surface area contributed by atoms with E-state index in [0.717, 1.165) is 6.26 Å². The third kappa shape index (κ3) is 6.00. The summed E-state index contributed by atoms with van der Waals surface area (Å²) in [6.07, 6.45) is -6.50. The molecule has 10 heteroatoms. The summed E-state index contributed by atoms with van der Waals surface area (Å²) in [5.74, 6) is -0.816. The fourth-order valence-corrected chi connectivity index (χ4v) is 1.88. The lowest BCUT2D eigenvalue weighted by Crippen LogP contribution is -2.40. The molecule has 0 spiro atoms. The van der Waals surface area contributed by atoms with Gasteiger partial charge < -0.3 is 10.4 Å². The summed E-state index contributed by atoms with van der Waals surface area (Å²) in [6.45, 7) is -0.967. The molecule has 6 nitrogen and oxygen atoms in total. The summed E-state index contributed by atoms with van der Waals surface area (Å²) in [6, 6.07) is 5.05. The molecule has 1 rings (SSSR count). The number of aliphatic hydroxyl groups excluding tert-OH is 1. The van der Waals surface area contributed by atoms with Crippen molar-refractivity contribution in [2.75, 3.05) is 17.5 Å². The maximum atomic E-state index is 12.0. The number of amides is 1. The zero-order valence-electron chi connectivity index (χ0n) is 10.8. The molecule has 0 saturated heterocycles. The lowest BCUT2D eigenvalue weighted by atomic mass is 10.2. The van der Waals surface area contributed by atoms with Gasteiger partial charge in [-0.05, 0) is 24.3 Å². The molecule has 1 amide bonds. The second-order valence-corrected chi connectivity index (χ2v) is 5.97. The Morgan fingerprint density at radius 2 is 1.81 bits per heavy atom. The first kappa shape index (κ1) is 17.2. The van der Waals surface area contributed by atoms with Crippen LogP contribution in [0.4, 0.5) is 18.9 Å². The normalized spacial score (nSPS) is 13.6. The zero-order valence-corrected chi connectivity index (χ0v) is 11.6. The number of rotatable bonds is 5. The number of sulfonamides is 1. The maximum Gasteiger partial charge on any atom is 0.416 e. The van der Waals surface area contributed by atoms with Crippen molar-refractivity contribution in [1.29, 1.82) is 0 Å². The van der Waals surface area contributed by atoms with Gasteiger partial charge in [0.1, 0.15) is 0 Å². The average molecular weight is 326 g/mol. The van der Waals surface area contributed by atoms with Gasteiger partial charge in [0.2, 0.25) is 10.0 Å². The van der Waals surface area contributed by atoms with Gasteiger partial charge >= 0.3 is 6.18 Å². The monoisotopic (exact) mass is 326 g/mol. The van der Waals surface area contributed by atoms with Crippen molar-refractivity contribution < 1.29 is 31.5 Å². The Morgan fingerprint density at radius 3 is 2.24 bits per heavy atom. The topological polar surface area (TPSA) is 95.5 Å². The minimum absolute atomic E-state index is 0.0309. The van der Waals surface area contributed by atoms with Crippen molar-refractivity contribution in [2.24, 2.45) is 0 Å². The van der Waals surface area contributed by atoms with E-state index in [0.29, 0.717) is 0 Å². The summed E-state index contributed by atoms with van der Waals surface area (Å²) >= 11 is 0. The van der Waals surface area contributed by atoms with Crippen molar-refractivity contribution in [1.82, 2.24) is 5.32 Å². The molecule has 0 aromatic heterocycles. The maximum absolute atomic E-state index is 12.0.